The number of hydrogen-bond acceptors (Lipinski definition) is 12. The molecular formula is C77H148O16. The molecule has 0 aliphatic carbocycles. The van der Waals surface area contributed by atoms with Crippen molar-refractivity contribution in [1.82, 2.24) is 0 Å². The van der Waals surface area contributed by atoms with Gasteiger partial charge in [-0.25, -0.2) is 0 Å². The molecule has 0 heterocycles. The molecule has 0 unspecified atom stereocenters. The fourth-order valence-corrected chi connectivity index (χ4v) is 9.90. The topological polar surface area (TPSA) is 254 Å². The lowest BCUT2D eigenvalue weighted by Crippen LogP contribution is -2.44. The van der Waals surface area contributed by atoms with Gasteiger partial charge in [0.25, 0.3) is 0 Å². The van der Waals surface area contributed by atoms with Crippen LogP contribution in [0.5, 0.6) is 0 Å². The number of carboxylic acid groups (broad SMARTS) is 4. The Morgan fingerprint density at radius 2 is 0.312 bits per heavy atom. The molecule has 16 heteroatoms. The maximum Gasteiger partial charge on any atom is 0.305 e. The van der Waals surface area contributed by atoms with Gasteiger partial charge in [0.2, 0.25) is 0 Å². The summed E-state index contributed by atoms with van der Waals surface area (Å²) in [7, 11) is 0. The predicted octanol–water partition coefficient (Wildman–Crippen LogP) is 22.4. The first-order valence-electron chi connectivity index (χ1n) is 38.4. The van der Waals surface area contributed by atoms with Crippen molar-refractivity contribution in [3.05, 3.63) is 0 Å². The first kappa shape index (κ1) is 97.4. The summed E-state index contributed by atoms with van der Waals surface area (Å²) in [5, 5.41) is 33.4. The number of carbonyl (C=O) groups is 8. The molecule has 0 radical (unpaired) electrons. The lowest BCUT2D eigenvalue weighted by atomic mass is 9.92. The van der Waals surface area contributed by atoms with Gasteiger partial charge in [-0.05, 0) is 51.4 Å². The first-order valence-corrected chi connectivity index (χ1v) is 38.4. The summed E-state index contributed by atoms with van der Waals surface area (Å²) in [6.07, 6.45) is 55.8. The van der Waals surface area contributed by atoms with Crippen molar-refractivity contribution in [2.75, 3.05) is 26.4 Å². The van der Waals surface area contributed by atoms with Gasteiger partial charge in [-0.3, -0.25) is 38.4 Å². The van der Waals surface area contributed by atoms with Gasteiger partial charge < -0.3 is 39.4 Å². The molecule has 0 aromatic rings. The summed E-state index contributed by atoms with van der Waals surface area (Å²) in [6, 6.07) is 0. The van der Waals surface area contributed by atoms with E-state index in [0.717, 1.165) is 180 Å². The van der Waals surface area contributed by atoms with Gasteiger partial charge in [0.15, 0.2) is 0 Å². The second kappa shape index (κ2) is 82.0. The summed E-state index contributed by atoms with van der Waals surface area (Å²) in [6.45, 7) is 16.7. The monoisotopic (exact) mass is 1330 g/mol. The highest BCUT2D eigenvalue weighted by Crippen LogP contribution is 2.24. The summed E-state index contributed by atoms with van der Waals surface area (Å²) in [4.78, 5) is 91.2. The van der Waals surface area contributed by atoms with E-state index >= 15 is 0 Å². The quantitative estimate of drug-likeness (QED) is 0.0251. The Hall–Kier alpha value is -4.24. The van der Waals surface area contributed by atoms with Gasteiger partial charge in [-0.1, -0.05) is 312 Å². The summed E-state index contributed by atoms with van der Waals surface area (Å²) < 4.78 is 22.7. The normalized spacial score (nSPS) is 10.7. The minimum absolute atomic E-state index is 0.169. The lowest BCUT2D eigenvalue weighted by Gasteiger charge is -2.31. The molecular weight excluding hydrogens is 1180 g/mol. The average molecular weight is 1330 g/mol. The van der Waals surface area contributed by atoms with E-state index in [4.69, 9.17) is 39.4 Å². The number of esters is 4. The maximum absolute atomic E-state index is 12.7. The van der Waals surface area contributed by atoms with Crippen LogP contribution in [0, 0.1) is 5.41 Å². The van der Waals surface area contributed by atoms with Crippen molar-refractivity contribution >= 4 is 47.8 Å². The summed E-state index contributed by atoms with van der Waals surface area (Å²) >= 11 is 0. The number of aliphatic carboxylic acids is 4. The molecule has 0 aromatic heterocycles. The maximum atomic E-state index is 12.7. The van der Waals surface area contributed by atoms with Crippen molar-refractivity contribution < 1.29 is 77.7 Å². The molecule has 0 aromatic carbocycles. The highest BCUT2D eigenvalue weighted by molar-refractivity contribution is 5.71. The molecule has 0 spiro atoms. The van der Waals surface area contributed by atoms with Crippen molar-refractivity contribution in [1.29, 1.82) is 0 Å². The van der Waals surface area contributed by atoms with E-state index in [1.165, 1.54) is 128 Å². The van der Waals surface area contributed by atoms with Crippen LogP contribution >= 0.6 is 0 Å². The minimum Gasteiger partial charge on any atom is -0.481 e. The van der Waals surface area contributed by atoms with Crippen molar-refractivity contribution in [2.24, 2.45) is 5.41 Å². The Labute approximate surface area is 569 Å². The van der Waals surface area contributed by atoms with Gasteiger partial charge in [-0.15, -0.1) is 0 Å². The molecule has 4 N–H and O–H groups in total. The fraction of sp³-hybridized carbons (Fsp3) is 0.896. The number of ether oxygens (including phenoxy) is 4. The largest absolute Gasteiger partial charge is 0.481 e. The average Bonchev–Trinajstić information content (AvgIpc) is 0.919. The van der Waals surface area contributed by atoms with Crippen LogP contribution in [0.4, 0.5) is 0 Å². The van der Waals surface area contributed by atoms with Crippen LogP contribution in [0.15, 0.2) is 0 Å². The van der Waals surface area contributed by atoms with Gasteiger partial charge in [0, 0.05) is 51.4 Å². The van der Waals surface area contributed by atoms with Crippen molar-refractivity contribution in [2.45, 2.75) is 415 Å². The zero-order valence-electron chi connectivity index (χ0n) is 61.6. The Balaban J connectivity index is -0.000000428. The molecule has 0 fully saturated rings. The van der Waals surface area contributed by atoms with E-state index < -0.39 is 29.3 Å². The second-order valence-corrected chi connectivity index (χ2v) is 25.9. The minimum atomic E-state index is -1.18. The molecule has 0 saturated carbocycles. The van der Waals surface area contributed by atoms with E-state index in [-0.39, 0.29) is 76.0 Å². The van der Waals surface area contributed by atoms with Crippen LogP contribution < -0.4 is 0 Å². The molecule has 0 saturated heterocycles. The third kappa shape index (κ3) is 92.0. The molecule has 552 valence electrons. The second-order valence-electron chi connectivity index (χ2n) is 25.9. The van der Waals surface area contributed by atoms with Crippen LogP contribution in [0.2, 0.25) is 0 Å². The Bertz CT molecular complexity index is 1410. The van der Waals surface area contributed by atoms with Crippen molar-refractivity contribution in [3.8, 4) is 0 Å². The number of carboxylic acids is 4. The van der Waals surface area contributed by atoms with Gasteiger partial charge in [-0.2, -0.15) is 0 Å². The molecule has 16 nitrogen and oxygen atoms in total. The highest BCUT2D eigenvalue weighted by atomic mass is 16.6. The predicted molar refractivity (Wildman–Crippen MR) is 381 cm³/mol. The first-order chi connectivity index (χ1) is 44.9. The van der Waals surface area contributed by atoms with E-state index in [9.17, 15) is 38.4 Å². The van der Waals surface area contributed by atoms with Crippen LogP contribution in [0.25, 0.3) is 0 Å². The van der Waals surface area contributed by atoms with Crippen LogP contribution in [-0.2, 0) is 57.3 Å². The fourth-order valence-electron chi connectivity index (χ4n) is 9.90. The number of unbranched alkanes of at least 4 members (excludes halogenated alkanes) is 40. The number of hydrogen-bond donors (Lipinski definition) is 4. The van der Waals surface area contributed by atoms with Crippen LogP contribution in [0.1, 0.15) is 415 Å². The van der Waals surface area contributed by atoms with E-state index in [0.29, 0.717) is 25.7 Å². The van der Waals surface area contributed by atoms with Crippen LogP contribution in [-0.4, -0.2) is 94.6 Å². The molecule has 0 amide bonds. The highest BCUT2D eigenvalue weighted by Gasteiger charge is 2.38. The van der Waals surface area contributed by atoms with Crippen molar-refractivity contribution in [3.63, 3.8) is 0 Å². The lowest BCUT2D eigenvalue weighted by molar-refractivity contribution is -0.171. The van der Waals surface area contributed by atoms with Gasteiger partial charge in [0.1, 0.15) is 31.8 Å². The zero-order valence-corrected chi connectivity index (χ0v) is 61.6. The van der Waals surface area contributed by atoms with E-state index in [1.54, 1.807) is 0 Å². The Kier molecular flexibility index (Phi) is 85.9. The molecule has 0 aliphatic rings. The summed E-state index contributed by atoms with van der Waals surface area (Å²) in [5.74, 6) is -4.09. The Morgan fingerprint density at radius 3 is 0.441 bits per heavy atom. The third-order valence-electron chi connectivity index (χ3n) is 16.1. The SMILES string of the molecule is CCCCCCCC(=O)OCC(COC(=O)CCCCCCC)(COC(=O)CCCCCCC)COC(=O)CCCCCCC.CCCCCCCCCC(=O)O.CCCCCCCCCC(=O)O.CCCCCCCCCC(=O)O.CCCCCCCCCC(=O)O. The van der Waals surface area contributed by atoms with Gasteiger partial charge >= 0.3 is 47.8 Å². The van der Waals surface area contributed by atoms with Gasteiger partial charge in [0.05, 0.1) is 0 Å². The van der Waals surface area contributed by atoms with E-state index in [2.05, 4.69) is 55.4 Å². The molecule has 0 atom stereocenters. The number of rotatable bonds is 64. The molecule has 0 aliphatic heterocycles. The van der Waals surface area contributed by atoms with Crippen LogP contribution in [0.3, 0.4) is 0 Å². The molecule has 0 bridgehead atoms. The zero-order chi connectivity index (χ0) is 70.4. The summed E-state index contributed by atoms with van der Waals surface area (Å²) in [5.41, 5.74) is -1.18. The number of carbonyl (C=O) groups excluding carboxylic acids is 4. The smallest absolute Gasteiger partial charge is 0.305 e. The third-order valence-corrected chi connectivity index (χ3v) is 16.1. The Morgan fingerprint density at radius 1 is 0.194 bits per heavy atom. The van der Waals surface area contributed by atoms with E-state index in [1.807, 2.05) is 0 Å². The molecule has 0 rings (SSSR count). The standard InChI is InChI=1S/C37H68O8.4C10H20O2/c1-5-9-13-17-21-25-33(38)42-29-37(30-43-34(39)26-22-18-14-10-6-2,31-44-35(40)27-23-19-15-11-7-3)32-45-36(41)28-24-20-16-12-8-4;4*1-2-3-4-5-6-7-8-9-10(11)12/h5-32H2,1-4H3;4*2-9H2,1H3,(H,11,12). The molecule has 93 heavy (non-hydrogen) atoms.